The molecule has 0 saturated carbocycles. The Bertz CT molecular complexity index is 1070. The molecule has 0 radical (unpaired) electrons. The lowest BCUT2D eigenvalue weighted by Crippen LogP contribution is -2.44. The molecular weight excluding hydrogens is 440 g/mol. The molecule has 0 aliphatic carbocycles. The van der Waals surface area contributed by atoms with Crippen LogP contribution in [-0.2, 0) is 4.79 Å². The number of guanidine groups is 1. The number of carbonyl (C=O) groups is 3. The molecule has 0 saturated heterocycles. The molecule has 0 heterocycles. The second-order valence-corrected chi connectivity index (χ2v) is 7.48. The molecule has 11 nitrogen and oxygen atoms in total. The van der Waals surface area contributed by atoms with E-state index in [1.165, 1.54) is 26.4 Å². The number of nitrogens with two attached hydrogens (primary N) is 2. The van der Waals surface area contributed by atoms with E-state index in [4.69, 9.17) is 26.4 Å². The molecule has 0 unspecified atom stereocenters. The summed E-state index contributed by atoms with van der Waals surface area (Å²) < 4.78 is 10.4. The van der Waals surface area contributed by atoms with Crippen molar-refractivity contribution in [1.82, 2.24) is 10.6 Å². The van der Waals surface area contributed by atoms with Gasteiger partial charge in [-0.15, -0.1) is 0 Å². The van der Waals surface area contributed by atoms with Crippen LogP contribution in [0.4, 0.5) is 5.69 Å². The fourth-order valence-corrected chi connectivity index (χ4v) is 3.24. The topological polar surface area (TPSA) is 182 Å². The number of hydrogen-bond donors (Lipinski definition) is 6. The fraction of sp³-hybridized carbons (Fsp3) is 0.304. The molecule has 0 bridgehead atoms. The average molecular weight is 471 g/mol. The van der Waals surface area contributed by atoms with Gasteiger partial charge in [-0.05, 0) is 50.1 Å². The lowest BCUT2D eigenvalue weighted by Gasteiger charge is -2.20. The van der Waals surface area contributed by atoms with Crippen LogP contribution in [0.3, 0.4) is 0 Å². The van der Waals surface area contributed by atoms with E-state index in [2.05, 4.69) is 16.0 Å². The van der Waals surface area contributed by atoms with Crippen molar-refractivity contribution in [3.63, 3.8) is 0 Å². The van der Waals surface area contributed by atoms with Crippen LogP contribution in [0.15, 0.2) is 36.4 Å². The number of rotatable bonds is 11. The van der Waals surface area contributed by atoms with Crippen LogP contribution in [0, 0.1) is 12.3 Å². The molecule has 1 atom stereocenters. The molecule has 0 aromatic heterocycles. The van der Waals surface area contributed by atoms with Crippen LogP contribution in [0.25, 0.3) is 0 Å². The maximum absolute atomic E-state index is 13.1. The van der Waals surface area contributed by atoms with E-state index in [1.807, 2.05) is 13.0 Å². The molecule has 0 spiro atoms. The van der Waals surface area contributed by atoms with E-state index in [-0.39, 0.29) is 23.7 Å². The molecule has 0 aliphatic heterocycles. The lowest BCUT2D eigenvalue weighted by atomic mass is 10.1. The van der Waals surface area contributed by atoms with Gasteiger partial charge in [0.05, 0.1) is 25.3 Å². The van der Waals surface area contributed by atoms with Crippen molar-refractivity contribution in [3.05, 3.63) is 53.1 Å². The maximum Gasteiger partial charge on any atom is 0.255 e. The van der Waals surface area contributed by atoms with Crippen molar-refractivity contribution in [2.45, 2.75) is 25.8 Å². The summed E-state index contributed by atoms with van der Waals surface area (Å²) in [5.41, 5.74) is 12.3. The molecule has 11 heteroatoms. The van der Waals surface area contributed by atoms with Gasteiger partial charge in [-0.2, -0.15) is 0 Å². The molecule has 8 N–H and O–H groups in total. The van der Waals surface area contributed by atoms with Crippen molar-refractivity contribution < 1.29 is 23.9 Å². The zero-order chi connectivity index (χ0) is 25.3. The number of hydrogen-bond acceptors (Lipinski definition) is 6. The number of amides is 3. The molecule has 2 aromatic rings. The van der Waals surface area contributed by atoms with E-state index in [9.17, 15) is 14.4 Å². The summed E-state index contributed by atoms with van der Waals surface area (Å²) in [5, 5.41) is 15.4. The van der Waals surface area contributed by atoms with Crippen molar-refractivity contribution in [2.24, 2.45) is 11.5 Å². The van der Waals surface area contributed by atoms with Gasteiger partial charge in [0.15, 0.2) is 5.96 Å². The molecule has 2 rings (SSSR count). The molecule has 2 aromatic carbocycles. The summed E-state index contributed by atoms with van der Waals surface area (Å²) in [5.74, 6) is -1.22. The SMILES string of the molecule is COc1ccc(NC(=O)[C@@H](CCCNC(=N)N)NC(=O)c2cc(C)ccc2OC)cc1C(N)=O. The maximum atomic E-state index is 13.1. The first-order valence-electron chi connectivity index (χ1n) is 10.5. The normalized spacial score (nSPS) is 11.1. The Balaban J connectivity index is 2.24. The molecule has 34 heavy (non-hydrogen) atoms. The molecule has 0 fully saturated rings. The third-order valence-electron chi connectivity index (χ3n) is 4.94. The Kier molecular flexibility index (Phi) is 9.24. The van der Waals surface area contributed by atoms with Gasteiger partial charge in [-0.25, -0.2) is 0 Å². The monoisotopic (exact) mass is 470 g/mol. The Morgan fingerprint density at radius 1 is 1.00 bits per heavy atom. The highest BCUT2D eigenvalue weighted by Gasteiger charge is 2.24. The average Bonchev–Trinajstić information content (AvgIpc) is 2.80. The van der Waals surface area contributed by atoms with Crippen LogP contribution in [0.1, 0.15) is 39.1 Å². The number of anilines is 1. The van der Waals surface area contributed by atoms with Crippen molar-refractivity contribution >= 4 is 29.4 Å². The van der Waals surface area contributed by atoms with Crippen LogP contribution < -0.4 is 36.9 Å². The summed E-state index contributed by atoms with van der Waals surface area (Å²) in [4.78, 5) is 37.8. The van der Waals surface area contributed by atoms with Gasteiger partial charge < -0.3 is 36.9 Å². The van der Waals surface area contributed by atoms with Crippen LogP contribution in [-0.4, -0.2) is 50.5 Å². The molecule has 0 aliphatic rings. The van der Waals surface area contributed by atoms with Gasteiger partial charge in [0.1, 0.15) is 17.5 Å². The zero-order valence-electron chi connectivity index (χ0n) is 19.4. The van der Waals surface area contributed by atoms with Gasteiger partial charge >= 0.3 is 0 Å². The van der Waals surface area contributed by atoms with E-state index in [1.54, 1.807) is 18.2 Å². The Labute approximate surface area is 197 Å². The summed E-state index contributed by atoms with van der Waals surface area (Å²) in [6, 6.07) is 8.71. The minimum absolute atomic E-state index is 0.107. The highest BCUT2D eigenvalue weighted by molar-refractivity contribution is 6.03. The lowest BCUT2D eigenvalue weighted by molar-refractivity contribution is -0.118. The number of benzene rings is 2. The minimum atomic E-state index is -0.925. The number of aryl methyl sites for hydroxylation is 1. The quantitative estimate of drug-likeness (QED) is 0.161. The number of ether oxygens (including phenoxy) is 2. The Morgan fingerprint density at radius 3 is 2.26 bits per heavy atom. The Morgan fingerprint density at radius 2 is 1.65 bits per heavy atom. The summed E-state index contributed by atoms with van der Waals surface area (Å²) in [7, 11) is 2.86. The van der Waals surface area contributed by atoms with Crippen LogP contribution in [0.2, 0.25) is 0 Å². The molecule has 3 amide bonds. The zero-order valence-corrected chi connectivity index (χ0v) is 19.4. The van der Waals surface area contributed by atoms with Crippen molar-refractivity contribution in [2.75, 3.05) is 26.1 Å². The third-order valence-corrected chi connectivity index (χ3v) is 4.94. The van der Waals surface area contributed by atoms with Crippen molar-refractivity contribution in [3.8, 4) is 11.5 Å². The van der Waals surface area contributed by atoms with Gasteiger partial charge in [-0.3, -0.25) is 19.8 Å². The van der Waals surface area contributed by atoms with E-state index in [0.29, 0.717) is 30.0 Å². The standard InChI is InChI=1S/C23H30N6O5/c1-13-6-8-19(34-3)16(11-13)21(31)29-17(5-4-10-27-23(25)26)22(32)28-14-7-9-18(33-2)15(12-14)20(24)30/h6-9,11-12,17H,4-5,10H2,1-3H3,(H2,24,30)(H,28,32)(H,29,31)(H4,25,26,27)/t17-/m1/s1. The largest absolute Gasteiger partial charge is 0.496 e. The number of nitrogens with one attached hydrogen (secondary N) is 4. The smallest absolute Gasteiger partial charge is 0.255 e. The predicted molar refractivity (Wildman–Crippen MR) is 128 cm³/mol. The minimum Gasteiger partial charge on any atom is -0.496 e. The second-order valence-electron chi connectivity index (χ2n) is 7.48. The fourth-order valence-electron chi connectivity index (χ4n) is 3.24. The highest BCUT2D eigenvalue weighted by Crippen LogP contribution is 2.23. The van der Waals surface area contributed by atoms with E-state index in [0.717, 1.165) is 5.56 Å². The number of primary amides is 1. The van der Waals surface area contributed by atoms with E-state index >= 15 is 0 Å². The Hall–Kier alpha value is -4.28. The first-order chi connectivity index (χ1) is 16.2. The van der Waals surface area contributed by atoms with Gasteiger partial charge in [-0.1, -0.05) is 11.6 Å². The van der Waals surface area contributed by atoms with Crippen LogP contribution in [0.5, 0.6) is 11.5 Å². The third kappa shape index (κ3) is 7.12. The van der Waals surface area contributed by atoms with Gasteiger partial charge in [0.2, 0.25) is 5.91 Å². The highest BCUT2D eigenvalue weighted by atomic mass is 16.5. The summed E-state index contributed by atoms with van der Waals surface area (Å²) in [6.07, 6.45) is 0.697. The first-order valence-corrected chi connectivity index (χ1v) is 10.5. The van der Waals surface area contributed by atoms with Gasteiger partial charge in [0, 0.05) is 12.2 Å². The first kappa shape index (κ1) is 26.0. The number of methoxy groups -OCH3 is 2. The molecular formula is C23H30N6O5. The van der Waals surface area contributed by atoms with Crippen LogP contribution >= 0.6 is 0 Å². The predicted octanol–water partition coefficient (Wildman–Crippen LogP) is 1.11. The summed E-state index contributed by atoms with van der Waals surface area (Å²) in [6.45, 7) is 2.19. The number of carbonyl (C=O) groups excluding carboxylic acids is 3. The van der Waals surface area contributed by atoms with Gasteiger partial charge in [0.25, 0.3) is 11.8 Å². The molecule has 182 valence electrons. The summed E-state index contributed by atoms with van der Waals surface area (Å²) >= 11 is 0. The van der Waals surface area contributed by atoms with E-state index < -0.39 is 23.8 Å². The second kappa shape index (κ2) is 12.1. The van der Waals surface area contributed by atoms with Crippen molar-refractivity contribution in [1.29, 1.82) is 5.41 Å².